The highest BCUT2D eigenvalue weighted by atomic mass is 16.5. The minimum Gasteiger partial charge on any atom is -0.395 e. The van der Waals surface area contributed by atoms with Crippen molar-refractivity contribution in [1.29, 1.82) is 0 Å². The summed E-state index contributed by atoms with van der Waals surface area (Å²) in [6.45, 7) is 5.60. The lowest BCUT2D eigenvalue weighted by Gasteiger charge is -2.17. The number of rotatable bonds is 6. The number of carbonyl (C=O) groups is 1. The molecule has 1 aromatic rings. The van der Waals surface area contributed by atoms with Crippen LogP contribution < -0.4 is 5.73 Å². The van der Waals surface area contributed by atoms with Crippen LogP contribution in [0.2, 0.25) is 0 Å². The monoisotopic (exact) mass is 254 g/mol. The highest BCUT2D eigenvalue weighted by molar-refractivity contribution is 5.97. The second-order valence-electron chi connectivity index (χ2n) is 4.11. The molecule has 0 atom stereocenters. The van der Waals surface area contributed by atoms with E-state index in [0.29, 0.717) is 31.1 Å². The van der Waals surface area contributed by atoms with Crippen molar-refractivity contribution < 1.29 is 9.53 Å². The van der Waals surface area contributed by atoms with Crippen molar-refractivity contribution >= 4 is 11.6 Å². The fourth-order valence-corrected chi connectivity index (χ4v) is 1.74. The first-order valence-corrected chi connectivity index (χ1v) is 6.17. The molecule has 6 heteroatoms. The number of likely N-dealkylation sites (N-methyl/N-ethyl adjacent to an activating group) is 1. The van der Waals surface area contributed by atoms with E-state index < -0.39 is 0 Å². The number of aromatic nitrogens is 2. The molecule has 2 N–H and O–H groups in total. The van der Waals surface area contributed by atoms with Crippen LogP contribution in [0.25, 0.3) is 0 Å². The van der Waals surface area contributed by atoms with Gasteiger partial charge in [0.05, 0.1) is 18.0 Å². The molecule has 0 aromatic carbocycles. The van der Waals surface area contributed by atoms with E-state index in [1.54, 1.807) is 23.7 Å². The van der Waals surface area contributed by atoms with Crippen molar-refractivity contribution in [3.05, 3.63) is 11.4 Å². The van der Waals surface area contributed by atoms with Crippen LogP contribution in [-0.2, 0) is 18.2 Å². The fourth-order valence-electron chi connectivity index (χ4n) is 1.74. The van der Waals surface area contributed by atoms with Gasteiger partial charge in [0.1, 0.15) is 5.69 Å². The first kappa shape index (κ1) is 14.5. The largest absolute Gasteiger partial charge is 0.395 e. The summed E-state index contributed by atoms with van der Waals surface area (Å²) in [5.74, 6) is -0.123. The number of amides is 1. The summed E-state index contributed by atoms with van der Waals surface area (Å²) in [5, 5.41) is 4.24. The standard InChI is InChI=1S/C12H22N4O2/c1-5-9-10(13)11(16(4)14-9)12(17)15(3)7-8-18-6-2/h5-8,13H2,1-4H3. The number of nitrogens with two attached hydrogens (primary N) is 1. The van der Waals surface area contributed by atoms with Gasteiger partial charge in [-0.05, 0) is 13.3 Å². The second kappa shape index (κ2) is 6.39. The van der Waals surface area contributed by atoms with E-state index in [9.17, 15) is 4.79 Å². The molecule has 102 valence electrons. The Hall–Kier alpha value is -1.56. The minimum absolute atomic E-state index is 0.123. The molecule has 6 nitrogen and oxygen atoms in total. The van der Waals surface area contributed by atoms with Crippen LogP contribution in [0, 0.1) is 0 Å². The zero-order valence-corrected chi connectivity index (χ0v) is 11.6. The van der Waals surface area contributed by atoms with Crippen LogP contribution in [0.4, 0.5) is 5.69 Å². The molecular formula is C12H22N4O2. The van der Waals surface area contributed by atoms with Gasteiger partial charge in [0.2, 0.25) is 0 Å². The number of carbonyl (C=O) groups excluding carboxylic acids is 1. The molecular weight excluding hydrogens is 232 g/mol. The first-order valence-electron chi connectivity index (χ1n) is 6.17. The number of nitrogen functional groups attached to an aromatic ring is 1. The van der Waals surface area contributed by atoms with Gasteiger partial charge in [-0.3, -0.25) is 9.48 Å². The molecule has 0 spiro atoms. The Balaban J connectivity index is 2.80. The topological polar surface area (TPSA) is 73.4 Å². The zero-order chi connectivity index (χ0) is 13.7. The summed E-state index contributed by atoms with van der Waals surface area (Å²) in [5.41, 5.74) is 7.64. The van der Waals surface area contributed by atoms with Gasteiger partial charge < -0.3 is 15.4 Å². The molecule has 1 heterocycles. The van der Waals surface area contributed by atoms with E-state index in [0.717, 1.165) is 12.1 Å². The molecule has 1 amide bonds. The van der Waals surface area contributed by atoms with Crippen LogP contribution in [0.15, 0.2) is 0 Å². The smallest absolute Gasteiger partial charge is 0.274 e. The first-order chi connectivity index (χ1) is 8.52. The second-order valence-corrected chi connectivity index (χ2v) is 4.11. The van der Waals surface area contributed by atoms with Crippen molar-refractivity contribution in [1.82, 2.24) is 14.7 Å². The van der Waals surface area contributed by atoms with Gasteiger partial charge in [-0.15, -0.1) is 0 Å². The maximum atomic E-state index is 12.2. The average molecular weight is 254 g/mol. The molecule has 0 bridgehead atoms. The van der Waals surface area contributed by atoms with E-state index in [-0.39, 0.29) is 5.91 Å². The van der Waals surface area contributed by atoms with Crippen molar-refractivity contribution in [2.75, 3.05) is 32.5 Å². The molecule has 0 aliphatic heterocycles. The molecule has 0 unspecified atom stereocenters. The maximum Gasteiger partial charge on any atom is 0.274 e. The lowest BCUT2D eigenvalue weighted by molar-refractivity contribution is 0.0701. The van der Waals surface area contributed by atoms with E-state index in [4.69, 9.17) is 10.5 Å². The third-order valence-corrected chi connectivity index (χ3v) is 2.82. The van der Waals surface area contributed by atoms with E-state index in [2.05, 4.69) is 5.10 Å². The Morgan fingerprint density at radius 1 is 1.50 bits per heavy atom. The van der Waals surface area contributed by atoms with Gasteiger partial charge in [0.15, 0.2) is 0 Å². The minimum atomic E-state index is -0.123. The van der Waals surface area contributed by atoms with Gasteiger partial charge in [-0.25, -0.2) is 0 Å². The molecule has 0 aliphatic rings. The quantitative estimate of drug-likeness (QED) is 0.757. The number of hydrogen-bond acceptors (Lipinski definition) is 4. The summed E-state index contributed by atoms with van der Waals surface area (Å²) >= 11 is 0. The van der Waals surface area contributed by atoms with Crippen molar-refractivity contribution in [2.24, 2.45) is 7.05 Å². The van der Waals surface area contributed by atoms with E-state index in [1.165, 1.54) is 0 Å². The van der Waals surface area contributed by atoms with E-state index in [1.807, 2.05) is 13.8 Å². The zero-order valence-electron chi connectivity index (χ0n) is 11.6. The third kappa shape index (κ3) is 3.01. The van der Waals surface area contributed by atoms with Gasteiger partial charge in [0.25, 0.3) is 5.91 Å². The Bertz CT molecular complexity index is 414. The summed E-state index contributed by atoms with van der Waals surface area (Å²) in [6.07, 6.45) is 0.718. The summed E-state index contributed by atoms with van der Waals surface area (Å²) in [6, 6.07) is 0. The van der Waals surface area contributed by atoms with Gasteiger partial charge in [0, 0.05) is 27.2 Å². The SMILES string of the molecule is CCOCCN(C)C(=O)c1c(N)c(CC)nn1C. The Kier molecular flexibility index (Phi) is 5.15. The number of anilines is 1. The van der Waals surface area contributed by atoms with Gasteiger partial charge in [-0.1, -0.05) is 6.92 Å². The van der Waals surface area contributed by atoms with Gasteiger partial charge in [-0.2, -0.15) is 5.10 Å². The van der Waals surface area contributed by atoms with Crippen LogP contribution in [-0.4, -0.2) is 47.4 Å². The average Bonchev–Trinajstić information content (AvgIpc) is 2.63. The lowest BCUT2D eigenvalue weighted by atomic mass is 10.2. The van der Waals surface area contributed by atoms with Crippen LogP contribution in [0.5, 0.6) is 0 Å². The molecule has 18 heavy (non-hydrogen) atoms. The predicted molar refractivity (Wildman–Crippen MR) is 70.5 cm³/mol. The fraction of sp³-hybridized carbons (Fsp3) is 0.667. The Labute approximate surface area is 108 Å². The lowest BCUT2D eigenvalue weighted by Crippen LogP contribution is -2.32. The van der Waals surface area contributed by atoms with Crippen LogP contribution in [0.1, 0.15) is 30.0 Å². The molecule has 0 saturated carbocycles. The van der Waals surface area contributed by atoms with Crippen LogP contribution in [0.3, 0.4) is 0 Å². The Morgan fingerprint density at radius 3 is 2.67 bits per heavy atom. The Morgan fingerprint density at radius 2 is 2.17 bits per heavy atom. The van der Waals surface area contributed by atoms with Crippen molar-refractivity contribution in [2.45, 2.75) is 20.3 Å². The molecule has 1 aromatic heterocycles. The number of ether oxygens (including phenoxy) is 1. The number of aryl methyl sites for hydroxylation is 2. The predicted octanol–water partition coefficient (Wildman–Crippen LogP) is 0.673. The summed E-state index contributed by atoms with van der Waals surface area (Å²) in [4.78, 5) is 13.8. The molecule has 1 rings (SSSR count). The van der Waals surface area contributed by atoms with Crippen molar-refractivity contribution in [3.8, 4) is 0 Å². The summed E-state index contributed by atoms with van der Waals surface area (Å²) in [7, 11) is 3.47. The van der Waals surface area contributed by atoms with Gasteiger partial charge >= 0.3 is 0 Å². The number of hydrogen-bond donors (Lipinski definition) is 1. The van der Waals surface area contributed by atoms with Crippen LogP contribution >= 0.6 is 0 Å². The molecule has 0 saturated heterocycles. The molecule has 0 fully saturated rings. The molecule has 0 radical (unpaired) electrons. The van der Waals surface area contributed by atoms with Crippen molar-refractivity contribution in [3.63, 3.8) is 0 Å². The maximum absolute atomic E-state index is 12.2. The highest BCUT2D eigenvalue weighted by Crippen LogP contribution is 2.18. The molecule has 0 aliphatic carbocycles. The summed E-state index contributed by atoms with van der Waals surface area (Å²) < 4.78 is 6.78. The normalized spacial score (nSPS) is 10.7. The highest BCUT2D eigenvalue weighted by Gasteiger charge is 2.21. The number of nitrogens with zero attached hydrogens (tertiary/aromatic N) is 3. The third-order valence-electron chi connectivity index (χ3n) is 2.82. The van der Waals surface area contributed by atoms with E-state index >= 15 is 0 Å².